The van der Waals surface area contributed by atoms with E-state index in [1.807, 2.05) is 17.0 Å². The van der Waals surface area contributed by atoms with Crippen LogP contribution in [0.25, 0.3) is 0 Å². The Balaban J connectivity index is 1.82. The number of nitrogen functional groups attached to an aromatic ring is 1. The van der Waals surface area contributed by atoms with Crippen LogP contribution in [0.5, 0.6) is 5.75 Å². The van der Waals surface area contributed by atoms with Crippen molar-refractivity contribution in [1.29, 1.82) is 0 Å². The van der Waals surface area contributed by atoms with Crippen LogP contribution in [0.1, 0.15) is 19.8 Å². The molecule has 1 fully saturated rings. The minimum absolute atomic E-state index is 0.0633. The molecule has 98 valence electrons. The van der Waals surface area contributed by atoms with Crippen molar-refractivity contribution in [3.63, 3.8) is 0 Å². The van der Waals surface area contributed by atoms with Crippen LogP contribution in [0.4, 0.5) is 5.69 Å². The number of anilines is 1. The highest BCUT2D eigenvalue weighted by atomic mass is 16.5. The van der Waals surface area contributed by atoms with Gasteiger partial charge in [-0.2, -0.15) is 0 Å². The molecule has 1 aromatic rings. The molecular formula is C14H20N2O2. The van der Waals surface area contributed by atoms with Gasteiger partial charge in [-0.15, -0.1) is 0 Å². The third kappa shape index (κ3) is 3.15. The number of carbonyl (C=O) groups excluding carboxylic acids is 1. The second kappa shape index (κ2) is 5.76. The molecule has 18 heavy (non-hydrogen) atoms. The van der Waals surface area contributed by atoms with E-state index in [9.17, 15) is 4.79 Å². The Kier molecular flexibility index (Phi) is 4.07. The van der Waals surface area contributed by atoms with Gasteiger partial charge >= 0.3 is 0 Å². The zero-order chi connectivity index (χ0) is 13.0. The van der Waals surface area contributed by atoms with Gasteiger partial charge in [-0.05, 0) is 24.5 Å². The molecule has 1 aliphatic rings. The lowest BCUT2D eigenvalue weighted by Crippen LogP contribution is -2.33. The predicted octanol–water partition coefficient (Wildman–Crippen LogP) is 1.91. The molecule has 0 aliphatic carbocycles. The Hall–Kier alpha value is -1.71. The standard InChI is InChI=1S/C14H20N2O2/c1-2-11-6-7-16(9-11)14(17)10-18-13-5-3-4-12(15)8-13/h3-5,8,11H,2,6-7,9-10,15H2,1H3. The molecule has 0 radical (unpaired) electrons. The highest BCUT2D eigenvalue weighted by Crippen LogP contribution is 2.19. The molecule has 1 unspecified atom stereocenters. The molecule has 4 heteroatoms. The Morgan fingerprint density at radius 3 is 3.06 bits per heavy atom. The molecule has 1 amide bonds. The number of carbonyl (C=O) groups is 1. The predicted molar refractivity (Wildman–Crippen MR) is 71.3 cm³/mol. The van der Waals surface area contributed by atoms with E-state index in [1.54, 1.807) is 12.1 Å². The Morgan fingerprint density at radius 1 is 1.56 bits per heavy atom. The van der Waals surface area contributed by atoms with Crippen LogP contribution in [-0.4, -0.2) is 30.5 Å². The average molecular weight is 248 g/mol. The number of likely N-dealkylation sites (tertiary alicyclic amines) is 1. The molecule has 2 rings (SSSR count). The van der Waals surface area contributed by atoms with Gasteiger partial charge in [0.25, 0.3) is 5.91 Å². The Morgan fingerprint density at radius 2 is 2.39 bits per heavy atom. The smallest absolute Gasteiger partial charge is 0.260 e. The molecule has 1 aliphatic heterocycles. The van der Waals surface area contributed by atoms with Crippen molar-refractivity contribution < 1.29 is 9.53 Å². The van der Waals surface area contributed by atoms with Crippen molar-refractivity contribution in [3.05, 3.63) is 24.3 Å². The van der Waals surface area contributed by atoms with Crippen molar-refractivity contribution in [2.24, 2.45) is 5.92 Å². The highest BCUT2D eigenvalue weighted by molar-refractivity contribution is 5.78. The molecule has 1 aromatic carbocycles. The summed E-state index contributed by atoms with van der Waals surface area (Å²) >= 11 is 0. The minimum Gasteiger partial charge on any atom is -0.484 e. The van der Waals surface area contributed by atoms with E-state index >= 15 is 0 Å². The van der Waals surface area contributed by atoms with Crippen LogP contribution in [0.3, 0.4) is 0 Å². The summed E-state index contributed by atoms with van der Waals surface area (Å²) in [7, 11) is 0. The molecule has 1 atom stereocenters. The van der Waals surface area contributed by atoms with Gasteiger partial charge < -0.3 is 15.4 Å². The number of nitrogens with two attached hydrogens (primary N) is 1. The van der Waals surface area contributed by atoms with Crippen LogP contribution in [0.2, 0.25) is 0 Å². The average Bonchev–Trinajstić information content (AvgIpc) is 2.85. The molecule has 1 heterocycles. The van der Waals surface area contributed by atoms with Gasteiger partial charge in [-0.25, -0.2) is 0 Å². The lowest BCUT2D eigenvalue weighted by atomic mass is 10.1. The number of amides is 1. The first kappa shape index (κ1) is 12.7. The molecule has 0 spiro atoms. The van der Waals surface area contributed by atoms with E-state index in [0.29, 0.717) is 17.4 Å². The first-order chi connectivity index (χ1) is 8.69. The van der Waals surface area contributed by atoms with Crippen LogP contribution in [0.15, 0.2) is 24.3 Å². The normalized spacial score (nSPS) is 18.9. The van der Waals surface area contributed by atoms with Gasteiger partial charge in [0.2, 0.25) is 0 Å². The van der Waals surface area contributed by atoms with Gasteiger partial charge in [-0.1, -0.05) is 19.4 Å². The minimum atomic E-state index is 0.0633. The van der Waals surface area contributed by atoms with Crippen molar-refractivity contribution in [3.8, 4) is 5.75 Å². The maximum Gasteiger partial charge on any atom is 0.260 e. The summed E-state index contributed by atoms with van der Waals surface area (Å²) in [6.07, 6.45) is 2.25. The number of nitrogens with zero attached hydrogens (tertiary/aromatic N) is 1. The van der Waals surface area contributed by atoms with Crippen molar-refractivity contribution in [2.45, 2.75) is 19.8 Å². The Labute approximate surface area is 108 Å². The number of hydrogen-bond donors (Lipinski definition) is 1. The highest BCUT2D eigenvalue weighted by Gasteiger charge is 2.24. The summed E-state index contributed by atoms with van der Waals surface area (Å²) in [5, 5.41) is 0. The Bertz CT molecular complexity index is 420. The lowest BCUT2D eigenvalue weighted by molar-refractivity contribution is -0.132. The second-order valence-corrected chi connectivity index (χ2v) is 4.76. The summed E-state index contributed by atoms with van der Waals surface area (Å²) in [5.74, 6) is 1.37. The fourth-order valence-electron chi connectivity index (χ4n) is 2.23. The molecule has 0 aromatic heterocycles. The van der Waals surface area contributed by atoms with Gasteiger partial charge in [0.1, 0.15) is 5.75 Å². The zero-order valence-electron chi connectivity index (χ0n) is 10.8. The zero-order valence-corrected chi connectivity index (χ0v) is 10.8. The third-order valence-corrected chi connectivity index (χ3v) is 3.44. The number of benzene rings is 1. The van der Waals surface area contributed by atoms with E-state index in [0.717, 1.165) is 25.9 Å². The topological polar surface area (TPSA) is 55.6 Å². The van der Waals surface area contributed by atoms with Crippen molar-refractivity contribution in [1.82, 2.24) is 4.90 Å². The molecule has 2 N–H and O–H groups in total. The first-order valence-electron chi connectivity index (χ1n) is 6.45. The van der Waals surface area contributed by atoms with Crippen molar-refractivity contribution in [2.75, 3.05) is 25.4 Å². The van der Waals surface area contributed by atoms with Crippen LogP contribution >= 0.6 is 0 Å². The molecule has 1 saturated heterocycles. The molecular weight excluding hydrogens is 228 g/mol. The summed E-state index contributed by atoms with van der Waals surface area (Å²) < 4.78 is 5.46. The van der Waals surface area contributed by atoms with Gasteiger partial charge in [0, 0.05) is 24.8 Å². The fourth-order valence-corrected chi connectivity index (χ4v) is 2.23. The summed E-state index contributed by atoms with van der Waals surface area (Å²) in [4.78, 5) is 13.8. The third-order valence-electron chi connectivity index (χ3n) is 3.44. The molecule has 0 saturated carbocycles. The monoisotopic (exact) mass is 248 g/mol. The van der Waals surface area contributed by atoms with Gasteiger partial charge in [0.15, 0.2) is 6.61 Å². The van der Waals surface area contributed by atoms with Crippen LogP contribution in [0, 0.1) is 5.92 Å². The van der Waals surface area contributed by atoms with Gasteiger partial charge in [-0.3, -0.25) is 4.79 Å². The van der Waals surface area contributed by atoms with E-state index < -0.39 is 0 Å². The fraction of sp³-hybridized carbons (Fsp3) is 0.500. The van der Waals surface area contributed by atoms with Crippen molar-refractivity contribution >= 4 is 11.6 Å². The van der Waals surface area contributed by atoms with E-state index in [4.69, 9.17) is 10.5 Å². The molecule has 4 nitrogen and oxygen atoms in total. The van der Waals surface area contributed by atoms with Crippen LogP contribution < -0.4 is 10.5 Å². The summed E-state index contributed by atoms with van der Waals surface area (Å²) in [6, 6.07) is 7.15. The van der Waals surface area contributed by atoms with Crippen LogP contribution in [-0.2, 0) is 4.79 Å². The largest absolute Gasteiger partial charge is 0.484 e. The second-order valence-electron chi connectivity index (χ2n) is 4.76. The lowest BCUT2D eigenvalue weighted by Gasteiger charge is -2.16. The van der Waals surface area contributed by atoms with Gasteiger partial charge in [0.05, 0.1) is 0 Å². The SMILES string of the molecule is CCC1CCN(C(=O)COc2cccc(N)c2)C1. The number of ether oxygens (including phenoxy) is 1. The van der Waals surface area contributed by atoms with E-state index in [-0.39, 0.29) is 12.5 Å². The number of hydrogen-bond acceptors (Lipinski definition) is 3. The summed E-state index contributed by atoms with van der Waals surface area (Å²) in [5.41, 5.74) is 6.29. The maximum absolute atomic E-state index is 11.9. The molecule has 0 bridgehead atoms. The summed E-state index contributed by atoms with van der Waals surface area (Å²) in [6.45, 7) is 4.00. The van der Waals surface area contributed by atoms with E-state index in [1.165, 1.54) is 0 Å². The quantitative estimate of drug-likeness (QED) is 0.828. The number of rotatable bonds is 4. The first-order valence-corrected chi connectivity index (χ1v) is 6.45. The van der Waals surface area contributed by atoms with E-state index in [2.05, 4.69) is 6.92 Å². The maximum atomic E-state index is 11.9.